The van der Waals surface area contributed by atoms with Crippen LogP contribution in [-0.4, -0.2) is 46.1 Å². The minimum absolute atomic E-state index is 0. The summed E-state index contributed by atoms with van der Waals surface area (Å²) in [5.74, 6) is 0.913. The molecule has 0 spiro atoms. The van der Waals surface area contributed by atoms with E-state index in [2.05, 4.69) is 86.6 Å². The van der Waals surface area contributed by atoms with Gasteiger partial charge in [0.05, 0.1) is 12.9 Å². The second-order valence-corrected chi connectivity index (χ2v) is 8.43. The fourth-order valence-electron chi connectivity index (χ4n) is 4.10. The Labute approximate surface area is 214 Å². The molecule has 0 bridgehead atoms. The lowest BCUT2D eigenvalue weighted by Crippen LogP contribution is -2.48. The smallest absolute Gasteiger partial charge is 0.191 e. The van der Waals surface area contributed by atoms with Gasteiger partial charge in [-0.15, -0.1) is 24.0 Å². The monoisotopic (exact) mass is 558 g/mol. The van der Waals surface area contributed by atoms with Crippen molar-refractivity contribution in [3.05, 3.63) is 90.0 Å². The van der Waals surface area contributed by atoms with Gasteiger partial charge in [0, 0.05) is 51.2 Å². The molecule has 2 aromatic carbocycles. The summed E-state index contributed by atoms with van der Waals surface area (Å²) < 4.78 is 2.07. The van der Waals surface area contributed by atoms with Crippen LogP contribution in [0.4, 0.5) is 0 Å². The van der Waals surface area contributed by atoms with Crippen LogP contribution in [0.1, 0.15) is 36.5 Å². The van der Waals surface area contributed by atoms with E-state index < -0.39 is 0 Å². The highest BCUT2D eigenvalue weighted by molar-refractivity contribution is 14.0. The van der Waals surface area contributed by atoms with Gasteiger partial charge in [0.25, 0.3) is 0 Å². The van der Waals surface area contributed by atoms with Crippen LogP contribution in [0.25, 0.3) is 0 Å². The van der Waals surface area contributed by atoms with Gasteiger partial charge in [-0.05, 0) is 36.5 Å². The molecule has 1 saturated heterocycles. The van der Waals surface area contributed by atoms with Crippen molar-refractivity contribution in [2.45, 2.75) is 45.4 Å². The Kier molecular flexibility index (Phi) is 10.2. The van der Waals surface area contributed by atoms with E-state index in [0.29, 0.717) is 12.6 Å². The number of guanidine groups is 1. The van der Waals surface area contributed by atoms with Gasteiger partial charge in [0.1, 0.15) is 0 Å². The molecule has 0 unspecified atom stereocenters. The molecule has 6 nitrogen and oxygen atoms in total. The maximum absolute atomic E-state index is 4.84. The molecule has 2 heterocycles. The quantitative estimate of drug-likeness (QED) is 0.247. The van der Waals surface area contributed by atoms with Crippen LogP contribution >= 0.6 is 24.0 Å². The first-order chi connectivity index (χ1) is 15.8. The number of hydrogen-bond donors (Lipinski definition) is 2. The standard InChI is InChI=1S/C26H34N6.HI/c1-2-28-26(29-18-22-8-10-24(11-9-22)20-32-17-14-27-21-32)30-25-12-15-31(16-13-25)19-23-6-4-3-5-7-23;/h3-11,14,17,21,25H,2,12-13,15-16,18-20H2,1H3,(H2,28,29,30);1H. The van der Waals surface area contributed by atoms with Crippen molar-refractivity contribution in [1.82, 2.24) is 25.1 Å². The summed E-state index contributed by atoms with van der Waals surface area (Å²) in [6.45, 7) is 7.77. The highest BCUT2D eigenvalue weighted by Crippen LogP contribution is 2.14. The summed E-state index contributed by atoms with van der Waals surface area (Å²) in [4.78, 5) is 11.5. The number of halogens is 1. The third-order valence-electron chi connectivity index (χ3n) is 5.89. The van der Waals surface area contributed by atoms with E-state index in [9.17, 15) is 0 Å². The SMILES string of the molecule is CCNC(=NCc1ccc(Cn2ccnc2)cc1)NC1CCN(Cc2ccccc2)CC1.I. The molecular formula is C26H35IN6. The van der Waals surface area contributed by atoms with Gasteiger partial charge in [0.2, 0.25) is 0 Å². The molecule has 0 atom stereocenters. The van der Waals surface area contributed by atoms with Crippen LogP contribution in [0.2, 0.25) is 0 Å². The number of likely N-dealkylation sites (tertiary alicyclic amines) is 1. The minimum Gasteiger partial charge on any atom is -0.357 e. The Balaban J connectivity index is 0.00000306. The van der Waals surface area contributed by atoms with Crippen LogP contribution in [0.5, 0.6) is 0 Å². The fourth-order valence-corrected chi connectivity index (χ4v) is 4.10. The number of aromatic nitrogens is 2. The molecule has 1 aliphatic heterocycles. The first-order valence-electron chi connectivity index (χ1n) is 11.6. The lowest BCUT2D eigenvalue weighted by molar-refractivity contribution is 0.198. The predicted molar refractivity (Wildman–Crippen MR) is 146 cm³/mol. The number of imidazole rings is 1. The van der Waals surface area contributed by atoms with Crippen LogP contribution in [0.15, 0.2) is 78.3 Å². The minimum atomic E-state index is 0. The summed E-state index contributed by atoms with van der Waals surface area (Å²) >= 11 is 0. The summed E-state index contributed by atoms with van der Waals surface area (Å²) in [5, 5.41) is 7.06. The lowest BCUT2D eigenvalue weighted by atomic mass is 10.0. The third-order valence-corrected chi connectivity index (χ3v) is 5.89. The molecule has 33 heavy (non-hydrogen) atoms. The van der Waals surface area contributed by atoms with Crippen molar-refractivity contribution in [3.63, 3.8) is 0 Å². The number of nitrogens with zero attached hydrogens (tertiary/aromatic N) is 4. The molecule has 2 N–H and O–H groups in total. The molecule has 3 aromatic rings. The van der Waals surface area contributed by atoms with E-state index in [1.807, 2.05) is 18.7 Å². The van der Waals surface area contributed by atoms with Crippen molar-refractivity contribution in [3.8, 4) is 0 Å². The highest BCUT2D eigenvalue weighted by atomic mass is 127. The summed E-state index contributed by atoms with van der Waals surface area (Å²) in [5.41, 5.74) is 3.88. The predicted octanol–water partition coefficient (Wildman–Crippen LogP) is 4.27. The summed E-state index contributed by atoms with van der Waals surface area (Å²) in [6.07, 6.45) is 7.92. The lowest BCUT2D eigenvalue weighted by Gasteiger charge is -2.33. The average Bonchev–Trinajstić information content (AvgIpc) is 3.34. The van der Waals surface area contributed by atoms with Gasteiger partial charge in [-0.1, -0.05) is 54.6 Å². The molecule has 0 aliphatic carbocycles. The van der Waals surface area contributed by atoms with Gasteiger partial charge < -0.3 is 15.2 Å². The summed E-state index contributed by atoms with van der Waals surface area (Å²) in [6, 6.07) is 19.9. The summed E-state index contributed by atoms with van der Waals surface area (Å²) in [7, 11) is 0. The van der Waals surface area contributed by atoms with Gasteiger partial charge in [-0.2, -0.15) is 0 Å². The molecule has 0 radical (unpaired) electrons. The molecular weight excluding hydrogens is 523 g/mol. The van der Waals surface area contributed by atoms with Gasteiger partial charge in [0.15, 0.2) is 5.96 Å². The van der Waals surface area contributed by atoms with Crippen molar-refractivity contribution in [1.29, 1.82) is 0 Å². The molecule has 1 fully saturated rings. The Morgan fingerprint density at radius 1 is 0.970 bits per heavy atom. The van der Waals surface area contributed by atoms with Gasteiger partial charge in [-0.25, -0.2) is 9.98 Å². The Bertz CT molecular complexity index is 948. The normalized spacial score (nSPS) is 15.1. The van der Waals surface area contributed by atoms with Gasteiger partial charge >= 0.3 is 0 Å². The number of piperidine rings is 1. The van der Waals surface area contributed by atoms with Gasteiger partial charge in [-0.3, -0.25) is 4.90 Å². The van der Waals surface area contributed by atoms with Crippen LogP contribution in [-0.2, 0) is 19.6 Å². The first-order valence-corrected chi connectivity index (χ1v) is 11.6. The second kappa shape index (κ2) is 13.3. The topological polar surface area (TPSA) is 57.5 Å². The van der Waals surface area contributed by atoms with Crippen LogP contribution in [0, 0.1) is 0 Å². The molecule has 7 heteroatoms. The molecule has 1 aliphatic rings. The molecule has 0 saturated carbocycles. The van der Waals surface area contributed by atoms with Crippen molar-refractivity contribution in [2.75, 3.05) is 19.6 Å². The van der Waals surface area contributed by atoms with E-state index in [1.165, 1.54) is 16.7 Å². The zero-order valence-corrected chi connectivity index (χ0v) is 21.7. The molecule has 1 aromatic heterocycles. The second-order valence-electron chi connectivity index (χ2n) is 8.43. The van der Waals surface area contributed by atoms with E-state index in [4.69, 9.17) is 4.99 Å². The Morgan fingerprint density at radius 3 is 2.33 bits per heavy atom. The van der Waals surface area contributed by atoms with Crippen molar-refractivity contribution in [2.24, 2.45) is 4.99 Å². The van der Waals surface area contributed by atoms with Crippen molar-refractivity contribution < 1.29 is 0 Å². The average molecular weight is 559 g/mol. The zero-order chi connectivity index (χ0) is 22.0. The maximum Gasteiger partial charge on any atom is 0.191 e. The van der Waals surface area contributed by atoms with E-state index >= 15 is 0 Å². The van der Waals surface area contributed by atoms with E-state index in [1.54, 1.807) is 0 Å². The maximum atomic E-state index is 4.84. The third kappa shape index (κ3) is 8.16. The van der Waals surface area contributed by atoms with E-state index in [0.717, 1.165) is 51.5 Å². The van der Waals surface area contributed by atoms with Crippen LogP contribution < -0.4 is 10.6 Å². The Hall–Kier alpha value is -2.39. The van der Waals surface area contributed by atoms with E-state index in [-0.39, 0.29) is 24.0 Å². The number of rotatable bonds is 8. The van der Waals surface area contributed by atoms with Crippen molar-refractivity contribution >= 4 is 29.9 Å². The number of benzene rings is 2. The molecule has 4 rings (SSSR count). The molecule has 176 valence electrons. The number of aliphatic imine (C=N–C) groups is 1. The Morgan fingerprint density at radius 2 is 1.67 bits per heavy atom. The fraction of sp³-hybridized carbons (Fsp3) is 0.385. The molecule has 0 amide bonds. The van der Waals surface area contributed by atoms with Crippen LogP contribution in [0.3, 0.4) is 0 Å². The highest BCUT2D eigenvalue weighted by Gasteiger charge is 2.20. The largest absolute Gasteiger partial charge is 0.357 e. The first kappa shape index (κ1) is 25.2. The number of hydrogen-bond acceptors (Lipinski definition) is 3. The zero-order valence-electron chi connectivity index (χ0n) is 19.4. The number of nitrogens with one attached hydrogen (secondary N) is 2.